The number of hydrogen-bond donors (Lipinski definition) is 1. The predicted molar refractivity (Wildman–Crippen MR) is 107 cm³/mol. The molecule has 1 aromatic carbocycles. The van der Waals surface area contributed by atoms with E-state index in [2.05, 4.69) is 5.10 Å². The van der Waals surface area contributed by atoms with Gasteiger partial charge in [0.25, 0.3) is 5.91 Å². The van der Waals surface area contributed by atoms with Gasteiger partial charge in [-0.05, 0) is 37.0 Å². The second kappa shape index (κ2) is 6.74. The third kappa shape index (κ3) is 2.65. The number of aliphatic hydroxyl groups is 1. The van der Waals surface area contributed by atoms with Gasteiger partial charge in [-0.3, -0.25) is 4.79 Å². The normalized spacial score (nSPS) is 27.5. The molecule has 3 heterocycles. The Kier molecular flexibility index (Phi) is 4.20. The van der Waals surface area contributed by atoms with Crippen LogP contribution in [-0.4, -0.2) is 38.1 Å². The molecular formula is C23H25N3O2. The van der Waals surface area contributed by atoms with E-state index < -0.39 is 5.60 Å². The maximum absolute atomic E-state index is 13.5. The lowest BCUT2D eigenvalue weighted by Crippen LogP contribution is -2.58. The van der Waals surface area contributed by atoms with Gasteiger partial charge in [-0.15, -0.1) is 0 Å². The van der Waals surface area contributed by atoms with Gasteiger partial charge in [-0.2, -0.15) is 5.10 Å². The lowest BCUT2D eigenvalue weighted by atomic mass is 9.66. The first-order chi connectivity index (χ1) is 13.7. The number of carbonyl (C=O) groups excluding carboxylic acids is 1. The molecule has 1 saturated heterocycles. The van der Waals surface area contributed by atoms with Gasteiger partial charge in [0.1, 0.15) is 0 Å². The number of hydrogen-bond acceptors (Lipinski definition) is 3. The summed E-state index contributed by atoms with van der Waals surface area (Å²) in [6.45, 7) is 0.565. The Morgan fingerprint density at radius 2 is 1.86 bits per heavy atom. The zero-order valence-electron chi connectivity index (χ0n) is 15.9. The van der Waals surface area contributed by atoms with Crippen LogP contribution in [0.3, 0.4) is 0 Å². The van der Waals surface area contributed by atoms with Crippen molar-refractivity contribution in [2.75, 3.05) is 6.54 Å². The lowest BCUT2D eigenvalue weighted by Gasteiger charge is -2.52. The first-order valence-electron chi connectivity index (χ1n) is 10.2. The van der Waals surface area contributed by atoms with Crippen LogP contribution in [0.5, 0.6) is 0 Å². The highest BCUT2D eigenvalue weighted by Crippen LogP contribution is 2.47. The summed E-state index contributed by atoms with van der Waals surface area (Å²) in [5, 5.41) is 16.0. The first-order valence-corrected chi connectivity index (χ1v) is 10.2. The van der Waals surface area contributed by atoms with Gasteiger partial charge in [0.15, 0.2) is 0 Å². The standard InChI is InChI=1S/C23H25N3O2/c27-22(18-16-24-26-14-7-6-11-20(18)26)25-15-13-23(28,17-8-2-1-3-9-17)19-10-4-5-12-21(19)25/h1-3,6-9,11,14,16,19,21,28H,4-5,10,12-13,15H2. The summed E-state index contributed by atoms with van der Waals surface area (Å²) >= 11 is 0. The number of nitrogens with zero attached hydrogens (tertiary/aromatic N) is 3. The van der Waals surface area contributed by atoms with E-state index in [1.165, 1.54) is 0 Å². The Labute approximate surface area is 164 Å². The number of amides is 1. The molecule has 2 aliphatic rings. The molecule has 3 aromatic rings. The van der Waals surface area contributed by atoms with E-state index in [0.29, 0.717) is 18.5 Å². The molecule has 0 radical (unpaired) electrons. The van der Waals surface area contributed by atoms with Gasteiger partial charge < -0.3 is 10.0 Å². The van der Waals surface area contributed by atoms with Crippen LogP contribution in [0, 0.1) is 5.92 Å². The van der Waals surface area contributed by atoms with E-state index >= 15 is 0 Å². The molecule has 5 heteroatoms. The number of fused-ring (bicyclic) bond motifs is 2. The second-order valence-electron chi connectivity index (χ2n) is 8.09. The summed E-state index contributed by atoms with van der Waals surface area (Å²) in [7, 11) is 0. The molecule has 28 heavy (non-hydrogen) atoms. The van der Waals surface area contributed by atoms with Crippen LogP contribution in [0.4, 0.5) is 0 Å². The molecule has 1 aliphatic heterocycles. The van der Waals surface area contributed by atoms with Gasteiger partial charge >= 0.3 is 0 Å². The maximum atomic E-state index is 13.5. The van der Waals surface area contributed by atoms with Crippen molar-refractivity contribution in [1.82, 2.24) is 14.5 Å². The summed E-state index contributed by atoms with van der Waals surface area (Å²) in [4.78, 5) is 15.5. The molecule has 144 valence electrons. The summed E-state index contributed by atoms with van der Waals surface area (Å²) in [6.07, 6.45) is 8.22. The van der Waals surface area contributed by atoms with Crippen molar-refractivity contribution < 1.29 is 9.90 Å². The Bertz CT molecular complexity index is 999. The number of rotatable bonds is 2. The van der Waals surface area contributed by atoms with Gasteiger partial charge in [0.05, 0.1) is 22.9 Å². The van der Waals surface area contributed by atoms with E-state index in [-0.39, 0.29) is 17.9 Å². The van der Waals surface area contributed by atoms with Gasteiger partial charge in [0, 0.05) is 24.7 Å². The van der Waals surface area contributed by atoms with Crippen molar-refractivity contribution in [3.8, 4) is 0 Å². The van der Waals surface area contributed by atoms with E-state index in [1.54, 1.807) is 10.7 Å². The van der Waals surface area contributed by atoms with Crippen molar-refractivity contribution in [2.45, 2.75) is 43.7 Å². The van der Waals surface area contributed by atoms with Crippen LogP contribution in [0.2, 0.25) is 0 Å². The molecule has 1 saturated carbocycles. The molecule has 0 bridgehead atoms. The fraction of sp³-hybridized carbons (Fsp3) is 0.391. The fourth-order valence-corrected chi connectivity index (χ4v) is 5.27. The first kappa shape index (κ1) is 17.4. The third-order valence-electron chi connectivity index (χ3n) is 6.67. The minimum absolute atomic E-state index is 0.0354. The Balaban J connectivity index is 1.50. The molecule has 1 aliphatic carbocycles. The van der Waals surface area contributed by atoms with Gasteiger partial charge in [-0.1, -0.05) is 49.2 Å². The zero-order valence-corrected chi connectivity index (χ0v) is 15.9. The van der Waals surface area contributed by atoms with Crippen molar-refractivity contribution in [3.63, 3.8) is 0 Å². The molecular weight excluding hydrogens is 350 g/mol. The Hall–Kier alpha value is -2.66. The van der Waals surface area contributed by atoms with Crippen molar-refractivity contribution in [1.29, 1.82) is 0 Å². The number of pyridine rings is 1. The molecule has 1 amide bonds. The van der Waals surface area contributed by atoms with Crippen LogP contribution < -0.4 is 0 Å². The number of aromatic nitrogens is 2. The SMILES string of the molecule is O=C(c1cnn2ccccc12)N1CCC(O)(c2ccccc2)C2CCCCC21. The third-order valence-corrected chi connectivity index (χ3v) is 6.67. The number of carbonyl (C=O) groups is 1. The summed E-state index contributed by atoms with van der Waals surface area (Å²) < 4.78 is 1.75. The van der Waals surface area contributed by atoms with Gasteiger partial charge in [-0.25, -0.2) is 4.52 Å². The number of piperidine rings is 1. The second-order valence-corrected chi connectivity index (χ2v) is 8.09. The molecule has 3 atom stereocenters. The minimum atomic E-state index is -0.857. The van der Waals surface area contributed by atoms with Crippen LogP contribution >= 0.6 is 0 Å². The highest BCUT2D eigenvalue weighted by atomic mass is 16.3. The quantitative estimate of drug-likeness (QED) is 0.744. The predicted octanol–water partition coefficient (Wildman–Crippen LogP) is 3.63. The van der Waals surface area contributed by atoms with Crippen molar-refractivity contribution >= 4 is 11.4 Å². The molecule has 1 N–H and O–H groups in total. The van der Waals surface area contributed by atoms with E-state index in [0.717, 1.165) is 36.8 Å². The molecule has 2 fully saturated rings. The van der Waals surface area contributed by atoms with Crippen LogP contribution in [-0.2, 0) is 5.60 Å². The summed E-state index contributed by atoms with van der Waals surface area (Å²) in [6, 6.07) is 15.8. The summed E-state index contributed by atoms with van der Waals surface area (Å²) in [5.74, 6) is 0.108. The number of likely N-dealkylation sites (tertiary alicyclic amines) is 1. The summed E-state index contributed by atoms with van der Waals surface area (Å²) in [5.41, 5.74) is 1.61. The smallest absolute Gasteiger partial charge is 0.257 e. The van der Waals surface area contributed by atoms with Crippen LogP contribution in [0.25, 0.3) is 5.52 Å². The monoisotopic (exact) mass is 375 g/mol. The zero-order chi connectivity index (χ0) is 19.1. The van der Waals surface area contributed by atoms with Crippen LogP contribution in [0.1, 0.15) is 48.0 Å². The molecule has 0 spiro atoms. The van der Waals surface area contributed by atoms with E-state index in [1.807, 2.05) is 59.6 Å². The van der Waals surface area contributed by atoms with E-state index in [9.17, 15) is 9.90 Å². The topological polar surface area (TPSA) is 57.8 Å². The minimum Gasteiger partial charge on any atom is -0.385 e. The Morgan fingerprint density at radius 1 is 1.07 bits per heavy atom. The molecule has 3 unspecified atom stereocenters. The molecule has 2 aromatic heterocycles. The van der Waals surface area contributed by atoms with Crippen molar-refractivity contribution in [2.24, 2.45) is 5.92 Å². The highest BCUT2D eigenvalue weighted by Gasteiger charge is 2.50. The van der Waals surface area contributed by atoms with Crippen molar-refractivity contribution in [3.05, 3.63) is 72.1 Å². The van der Waals surface area contributed by atoms with Crippen LogP contribution in [0.15, 0.2) is 60.9 Å². The average Bonchev–Trinajstić information content (AvgIpc) is 3.19. The lowest BCUT2D eigenvalue weighted by molar-refractivity contribution is -0.110. The molecule has 5 nitrogen and oxygen atoms in total. The Morgan fingerprint density at radius 3 is 2.71 bits per heavy atom. The fourth-order valence-electron chi connectivity index (χ4n) is 5.27. The number of benzene rings is 1. The van der Waals surface area contributed by atoms with E-state index in [4.69, 9.17) is 0 Å². The maximum Gasteiger partial charge on any atom is 0.257 e. The largest absolute Gasteiger partial charge is 0.385 e. The highest BCUT2D eigenvalue weighted by molar-refractivity contribution is 6.00. The molecule has 5 rings (SSSR count). The van der Waals surface area contributed by atoms with Gasteiger partial charge in [0.2, 0.25) is 0 Å². The average molecular weight is 375 g/mol.